The number of amides is 1. The number of carbonyl (C=O) groups is 1. The first-order valence-corrected chi connectivity index (χ1v) is 7.44. The number of carbonyl (C=O) groups excluding carboxylic acids is 1. The second-order valence-electron chi connectivity index (χ2n) is 5.56. The molecule has 0 fully saturated rings. The van der Waals surface area contributed by atoms with E-state index in [4.69, 9.17) is 15.2 Å². The molecule has 8 nitrogen and oxygen atoms in total. The average Bonchev–Trinajstić information content (AvgIpc) is 2.95. The van der Waals surface area contributed by atoms with Crippen LogP contribution in [0.1, 0.15) is 6.92 Å². The largest absolute Gasteiger partial charge is 0.486 e. The quantitative estimate of drug-likeness (QED) is 0.867. The van der Waals surface area contributed by atoms with E-state index < -0.39 is 6.09 Å². The zero-order valence-electron chi connectivity index (χ0n) is 13.1. The normalized spacial score (nSPS) is 17.8. The first kappa shape index (κ1) is 15.4. The predicted octanol–water partition coefficient (Wildman–Crippen LogP) is 0.879. The third-order valence-electron chi connectivity index (χ3n) is 3.55. The third-order valence-corrected chi connectivity index (χ3v) is 3.55. The van der Waals surface area contributed by atoms with Crippen molar-refractivity contribution in [1.29, 1.82) is 0 Å². The predicted molar refractivity (Wildman–Crippen MR) is 83.7 cm³/mol. The van der Waals surface area contributed by atoms with Crippen LogP contribution in [0, 0.1) is 0 Å². The molecule has 8 heteroatoms. The van der Waals surface area contributed by atoms with Crippen LogP contribution in [-0.2, 0) is 11.3 Å². The number of nitrogens with two attached hydrogens (primary N) is 1. The lowest BCUT2D eigenvalue weighted by Crippen LogP contribution is -2.40. The molecule has 0 aliphatic carbocycles. The Morgan fingerprint density at radius 2 is 2.43 bits per heavy atom. The van der Waals surface area contributed by atoms with Gasteiger partial charge in [0.05, 0.1) is 26.4 Å². The van der Waals surface area contributed by atoms with E-state index in [9.17, 15) is 4.79 Å². The minimum Gasteiger partial charge on any atom is -0.486 e. The summed E-state index contributed by atoms with van der Waals surface area (Å²) in [7, 11) is 1.32. The zero-order valence-corrected chi connectivity index (χ0v) is 13.1. The fourth-order valence-electron chi connectivity index (χ4n) is 2.52. The van der Waals surface area contributed by atoms with Crippen molar-refractivity contribution in [3.63, 3.8) is 0 Å². The van der Waals surface area contributed by atoms with Crippen molar-refractivity contribution in [2.24, 2.45) is 5.73 Å². The van der Waals surface area contributed by atoms with Gasteiger partial charge in [0.1, 0.15) is 12.1 Å². The average molecular weight is 320 g/mol. The monoisotopic (exact) mass is 320 g/mol. The molecule has 0 bridgehead atoms. The second-order valence-corrected chi connectivity index (χ2v) is 5.56. The van der Waals surface area contributed by atoms with Crippen molar-refractivity contribution in [3.05, 3.63) is 18.3 Å². The van der Waals surface area contributed by atoms with Crippen molar-refractivity contribution in [3.8, 4) is 11.5 Å². The molecule has 0 spiro atoms. The molecule has 2 atom stereocenters. The fraction of sp³-hybridized carbons (Fsp3) is 0.467. The highest BCUT2D eigenvalue weighted by Gasteiger charge is 2.25. The molecular formula is C15H20N4O4. The number of aromatic nitrogens is 2. The van der Waals surface area contributed by atoms with Gasteiger partial charge in [0.2, 0.25) is 0 Å². The van der Waals surface area contributed by atoms with Gasteiger partial charge in [0, 0.05) is 11.4 Å². The smallest absolute Gasteiger partial charge is 0.406 e. The lowest BCUT2D eigenvalue weighted by atomic mass is 10.2. The fourth-order valence-corrected chi connectivity index (χ4v) is 2.52. The van der Waals surface area contributed by atoms with Gasteiger partial charge < -0.3 is 25.3 Å². The molecule has 1 aliphatic heterocycles. The molecule has 23 heavy (non-hydrogen) atoms. The summed E-state index contributed by atoms with van der Waals surface area (Å²) in [5, 5.41) is 7.93. The molecule has 1 aromatic carbocycles. The minimum absolute atomic E-state index is 0.0322. The second kappa shape index (κ2) is 6.33. The standard InChI is InChI=1S/C15H20N4O4/c1-9(16)7-19-13-10(5-18-19)3-4-12-14(13)23-11(8-22-12)6-17-15(20)21-2/h3-5,9,11H,6-8,16H2,1-2H3,(H,17,20)/t9-,11+/m0/s1. The molecule has 0 saturated carbocycles. The number of alkyl carbamates (subject to hydrolysis) is 1. The molecule has 124 valence electrons. The van der Waals surface area contributed by atoms with Crippen molar-refractivity contribution in [2.45, 2.75) is 25.6 Å². The summed E-state index contributed by atoms with van der Waals surface area (Å²) in [6.07, 6.45) is 0.975. The maximum absolute atomic E-state index is 11.2. The molecular weight excluding hydrogens is 300 g/mol. The van der Waals surface area contributed by atoms with Crippen LogP contribution in [0.25, 0.3) is 10.9 Å². The highest BCUT2D eigenvalue weighted by Crippen LogP contribution is 2.38. The Morgan fingerprint density at radius 3 is 3.17 bits per heavy atom. The Balaban J connectivity index is 1.87. The highest BCUT2D eigenvalue weighted by atomic mass is 16.6. The van der Waals surface area contributed by atoms with Crippen LogP contribution in [0.15, 0.2) is 18.3 Å². The first-order chi connectivity index (χ1) is 11.1. The maximum atomic E-state index is 11.2. The Hall–Kier alpha value is -2.48. The molecule has 0 unspecified atom stereocenters. The summed E-state index contributed by atoms with van der Waals surface area (Å²) in [6, 6.07) is 3.77. The molecule has 3 rings (SSSR count). The highest BCUT2D eigenvalue weighted by molar-refractivity contribution is 5.87. The van der Waals surface area contributed by atoms with Crippen LogP contribution in [0.2, 0.25) is 0 Å². The number of ether oxygens (including phenoxy) is 3. The van der Waals surface area contributed by atoms with E-state index in [0.29, 0.717) is 31.2 Å². The van der Waals surface area contributed by atoms with Crippen LogP contribution in [0.5, 0.6) is 11.5 Å². The van der Waals surface area contributed by atoms with Gasteiger partial charge in [-0.2, -0.15) is 5.10 Å². The summed E-state index contributed by atoms with van der Waals surface area (Å²) in [5.74, 6) is 1.29. The lowest BCUT2D eigenvalue weighted by Gasteiger charge is -2.27. The molecule has 2 aromatic rings. The molecule has 3 N–H and O–H groups in total. The zero-order chi connectivity index (χ0) is 16.4. The molecule has 0 saturated heterocycles. The molecule has 1 aromatic heterocycles. The van der Waals surface area contributed by atoms with Gasteiger partial charge >= 0.3 is 6.09 Å². The van der Waals surface area contributed by atoms with E-state index in [1.165, 1.54) is 7.11 Å². The van der Waals surface area contributed by atoms with E-state index >= 15 is 0 Å². The number of hydrogen-bond donors (Lipinski definition) is 2. The number of hydrogen-bond acceptors (Lipinski definition) is 6. The number of fused-ring (bicyclic) bond motifs is 3. The Labute approximate surface area is 133 Å². The van der Waals surface area contributed by atoms with Crippen LogP contribution >= 0.6 is 0 Å². The summed E-state index contributed by atoms with van der Waals surface area (Å²) in [5.41, 5.74) is 6.73. The van der Waals surface area contributed by atoms with Gasteiger partial charge in [0.25, 0.3) is 0 Å². The van der Waals surface area contributed by atoms with Gasteiger partial charge in [0.15, 0.2) is 17.6 Å². The molecule has 0 radical (unpaired) electrons. The van der Waals surface area contributed by atoms with Gasteiger partial charge in [-0.25, -0.2) is 4.79 Å². The Kier molecular flexibility index (Phi) is 4.24. The first-order valence-electron chi connectivity index (χ1n) is 7.44. The van der Waals surface area contributed by atoms with E-state index in [-0.39, 0.29) is 12.1 Å². The van der Waals surface area contributed by atoms with Crippen LogP contribution in [0.4, 0.5) is 4.79 Å². The number of nitrogens with one attached hydrogen (secondary N) is 1. The maximum Gasteiger partial charge on any atom is 0.406 e. The number of methoxy groups -OCH3 is 1. The van der Waals surface area contributed by atoms with Crippen molar-refractivity contribution >= 4 is 17.0 Å². The molecule has 1 amide bonds. The van der Waals surface area contributed by atoms with Crippen LogP contribution in [0.3, 0.4) is 0 Å². The van der Waals surface area contributed by atoms with Crippen LogP contribution < -0.4 is 20.5 Å². The van der Waals surface area contributed by atoms with Gasteiger partial charge in [-0.15, -0.1) is 0 Å². The topological polar surface area (TPSA) is 101 Å². The Bertz CT molecular complexity index is 713. The number of nitrogens with zero attached hydrogens (tertiary/aromatic N) is 2. The Morgan fingerprint density at radius 1 is 1.61 bits per heavy atom. The van der Waals surface area contributed by atoms with Crippen LogP contribution in [-0.4, -0.2) is 48.3 Å². The van der Waals surface area contributed by atoms with Crippen molar-refractivity contribution in [1.82, 2.24) is 15.1 Å². The summed E-state index contributed by atoms with van der Waals surface area (Å²) >= 11 is 0. The lowest BCUT2D eigenvalue weighted by molar-refractivity contribution is 0.0893. The summed E-state index contributed by atoms with van der Waals surface area (Å²) in [4.78, 5) is 11.2. The van der Waals surface area contributed by atoms with Gasteiger partial charge in [-0.1, -0.05) is 0 Å². The van der Waals surface area contributed by atoms with E-state index in [1.807, 2.05) is 23.7 Å². The molecule has 2 heterocycles. The van der Waals surface area contributed by atoms with E-state index in [2.05, 4.69) is 15.2 Å². The van der Waals surface area contributed by atoms with Gasteiger partial charge in [-0.05, 0) is 19.1 Å². The third kappa shape index (κ3) is 3.16. The minimum atomic E-state index is -0.500. The van der Waals surface area contributed by atoms with Gasteiger partial charge in [-0.3, -0.25) is 4.68 Å². The van der Waals surface area contributed by atoms with Crippen molar-refractivity contribution in [2.75, 3.05) is 20.3 Å². The summed E-state index contributed by atoms with van der Waals surface area (Å²) in [6.45, 7) is 3.14. The van der Waals surface area contributed by atoms with E-state index in [1.54, 1.807) is 6.20 Å². The number of rotatable bonds is 4. The summed E-state index contributed by atoms with van der Waals surface area (Å²) < 4.78 is 18.1. The molecule has 1 aliphatic rings. The number of benzene rings is 1. The SMILES string of the molecule is COC(=O)NC[C@@H]1COc2ccc3cnn(C[C@H](C)N)c3c2O1. The van der Waals surface area contributed by atoms with E-state index in [0.717, 1.165) is 10.9 Å². The van der Waals surface area contributed by atoms with Crippen molar-refractivity contribution < 1.29 is 19.0 Å².